The van der Waals surface area contributed by atoms with Crippen molar-refractivity contribution in [2.75, 3.05) is 0 Å². The summed E-state index contributed by atoms with van der Waals surface area (Å²) in [6.07, 6.45) is -8.83. The molecule has 0 nitrogen and oxygen atoms in total. The predicted molar refractivity (Wildman–Crippen MR) is 51.9 cm³/mol. The summed E-state index contributed by atoms with van der Waals surface area (Å²) in [5.41, 5.74) is -18.4. The summed E-state index contributed by atoms with van der Waals surface area (Å²) < 4.78 is 271. The van der Waals surface area contributed by atoms with Gasteiger partial charge in [-0.25, -0.2) is 4.39 Å². The van der Waals surface area contributed by atoms with E-state index in [-0.39, 0.29) is 0 Å². The Labute approximate surface area is 154 Å². The maximum Gasteiger partial charge on any atom is 0.410 e. The van der Waals surface area contributed by atoms with E-state index in [1.165, 1.54) is 0 Å². The molecule has 2 saturated carbocycles. The van der Waals surface area contributed by atoms with Crippen molar-refractivity contribution in [1.82, 2.24) is 0 Å². The molecule has 2 aliphatic carbocycles. The topological polar surface area (TPSA) is 0 Å². The molecule has 0 heterocycles. The Kier molecular flexibility index (Phi) is 4.35. The van der Waals surface area contributed by atoms with Gasteiger partial charge in [-0.1, -0.05) is 0 Å². The molecule has 0 spiro atoms. The molecule has 184 valence electrons. The number of halogens is 20. The average Bonchev–Trinajstić information content (AvgIpc) is 2.49. The minimum atomic E-state index is -9.20. The van der Waals surface area contributed by atoms with Crippen LogP contribution in [-0.2, 0) is 0 Å². The third kappa shape index (κ3) is 1.78. The van der Waals surface area contributed by atoms with Gasteiger partial charge in [-0.05, 0) is 0 Å². The molecular formula is C11F20. The van der Waals surface area contributed by atoms with Crippen LogP contribution in [0.1, 0.15) is 0 Å². The van der Waals surface area contributed by atoms with Crippen molar-refractivity contribution in [2.45, 2.75) is 59.2 Å². The van der Waals surface area contributed by atoms with Crippen molar-refractivity contribution < 1.29 is 87.8 Å². The zero-order valence-electron chi connectivity index (χ0n) is 13.1. The number of fused-ring (bicyclic) bond motifs is 1. The van der Waals surface area contributed by atoms with Gasteiger partial charge < -0.3 is 0 Å². The lowest BCUT2D eigenvalue weighted by molar-refractivity contribution is -0.595. The molecule has 0 aromatic rings. The molecule has 20 heteroatoms. The fourth-order valence-corrected chi connectivity index (χ4v) is 3.54. The fraction of sp³-hybridized carbons (Fsp3) is 1.00. The Hall–Kier alpha value is -1.40. The SMILES string of the molecule is FC(F)(F)C12C(F)(F)C(F)(F)C(F)(F)C(F)(F)C1(F)C(F)(F)C(F)(F)C(F)(F)C2(F)F. The van der Waals surface area contributed by atoms with Crippen LogP contribution in [0, 0.1) is 5.41 Å². The highest BCUT2D eigenvalue weighted by molar-refractivity contribution is 5.42. The van der Waals surface area contributed by atoms with Crippen LogP contribution in [0.2, 0.25) is 0 Å². The van der Waals surface area contributed by atoms with Crippen LogP contribution in [-0.4, -0.2) is 59.2 Å². The molecule has 0 aromatic carbocycles. The quantitative estimate of drug-likeness (QED) is 0.332. The second-order valence-corrected chi connectivity index (χ2v) is 6.50. The highest BCUT2D eigenvalue weighted by Crippen LogP contribution is 2.86. The van der Waals surface area contributed by atoms with Crippen molar-refractivity contribution in [2.24, 2.45) is 5.41 Å². The zero-order valence-corrected chi connectivity index (χ0v) is 13.1. The summed E-state index contributed by atoms with van der Waals surface area (Å²) in [4.78, 5) is 0. The molecule has 0 radical (unpaired) electrons. The fourth-order valence-electron chi connectivity index (χ4n) is 3.54. The van der Waals surface area contributed by atoms with Gasteiger partial charge in [-0.15, -0.1) is 0 Å². The summed E-state index contributed by atoms with van der Waals surface area (Å²) in [7, 11) is 0. The first kappa shape index (κ1) is 25.9. The molecule has 0 saturated heterocycles. The monoisotopic (exact) mass is 512 g/mol. The summed E-state index contributed by atoms with van der Waals surface area (Å²) in [5, 5.41) is 0. The lowest BCUT2D eigenvalue weighted by atomic mass is 9.47. The van der Waals surface area contributed by atoms with E-state index < -0.39 is 64.6 Å². The van der Waals surface area contributed by atoms with Crippen LogP contribution >= 0.6 is 0 Å². The van der Waals surface area contributed by atoms with E-state index in [9.17, 15) is 87.8 Å². The minimum absolute atomic E-state index is 8.52. The third-order valence-corrected chi connectivity index (χ3v) is 5.12. The summed E-state index contributed by atoms with van der Waals surface area (Å²) >= 11 is 0. The van der Waals surface area contributed by atoms with Gasteiger partial charge in [0.15, 0.2) is 0 Å². The Morgan fingerprint density at radius 2 is 0.484 bits per heavy atom. The number of alkyl halides is 20. The molecule has 0 aromatic heterocycles. The van der Waals surface area contributed by atoms with Crippen molar-refractivity contribution in [1.29, 1.82) is 0 Å². The van der Waals surface area contributed by atoms with E-state index >= 15 is 0 Å². The lowest BCUT2D eigenvalue weighted by Gasteiger charge is -2.66. The van der Waals surface area contributed by atoms with Crippen LogP contribution in [0.5, 0.6) is 0 Å². The first-order valence-corrected chi connectivity index (χ1v) is 6.78. The Balaban J connectivity index is 3.44. The second-order valence-electron chi connectivity index (χ2n) is 6.50. The van der Waals surface area contributed by atoms with E-state index in [2.05, 4.69) is 0 Å². The molecule has 2 rings (SSSR count). The molecule has 0 N–H and O–H groups in total. The van der Waals surface area contributed by atoms with Crippen LogP contribution in [0.25, 0.3) is 0 Å². The highest BCUT2D eigenvalue weighted by atomic mass is 19.4. The Morgan fingerprint density at radius 3 is 0.677 bits per heavy atom. The predicted octanol–water partition coefficient (Wildman–Crippen LogP) is 6.35. The minimum Gasteiger partial charge on any atom is -0.228 e. The zero-order chi connectivity index (χ0) is 25.5. The van der Waals surface area contributed by atoms with E-state index in [1.54, 1.807) is 0 Å². The highest BCUT2D eigenvalue weighted by Gasteiger charge is 3.17. The van der Waals surface area contributed by atoms with Crippen LogP contribution in [0.3, 0.4) is 0 Å². The van der Waals surface area contributed by atoms with Gasteiger partial charge in [0.1, 0.15) is 0 Å². The van der Waals surface area contributed by atoms with Gasteiger partial charge in [0.25, 0.3) is 11.1 Å². The van der Waals surface area contributed by atoms with Gasteiger partial charge in [0.05, 0.1) is 0 Å². The molecule has 2 fully saturated rings. The van der Waals surface area contributed by atoms with Crippen molar-refractivity contribution >= 4 is 0 Å². The van der Waals surface area contributed by atoms with Gasteiger partial charge in [-0.2, -0.15) is 83.4 Å². The lowest BCUT2D eigenvalue weighted by Crippen LogP contribution is -2.98. The van der Waals surface area contributed by atoms with Crippen LogP contribution in [0.4, 0.5) is 87.8 Å². The Bertz CT molecular complexity index is 729. The van der Waals surface area contributed by atoms with Crippen molar-refractivity contribution in [3.05, 3.63) is 0 Å². The van der Waals surface area contributed by atoms with E-state index in [4.69, 9.17) is 0 Å². The van der Waals surface area contributed by atoms with Gasteiger partial charge in [0.2, 0.25) is 0 Å². The summed E-state index contributed by atoms with van der Waals surface area (Å²) in [5.74, 6) is -70.0. The van der Waals surface area contributed by atoms with Gasteiger partial charge in [0, 0.05) is 0 Å². The molecule has 0 atom stereocenters. The largest absolute Gasteiger partial charge is 0.410 e. The van der Waals surface area contributed by atoms with Crippen molar-refractivity contribution in [3.8, 4) is 0 Å². The second kappa shape index (κ2) is 5.22. The third-order valence-electron chi connectivity index (χ3n) is 5.12. The smallest absolute Gasteiger partial charge is 0.228 e. The van der Waals surface area contributed by atoms with Gasteiger partial charge >= 0.3 is 53.6 Å². The van der Waals surface area contributed by atoms with E-state index in [0.29, 0.717) is 0 Å². The number of hydrogen-bond acceptors (Lipinski definition) is 0. The number of hydrogen-bond donors (Lipinski definition) is 0. The van der Waals surface area contributed by atoms with Crippen LogP contribution < -0.4 is 0 Å². The Morgan fingerprint density at radius 1 is 0.290 bits per heavy atom. The summed E-state index contributed by atoms with van der Waals surface area (Å²) in [6, 6.07) is 0. The van der Waals surface area contributed by atoms with Crippen molar-refractivity contribution in [3.63, 3.8) is 0 Å². The van der Waals surface area contributed by atoms with E-state index in [1.807, 2.05) is 0 Å². The first-order valence-electron chi connectivity index (χ1n) is 6.78. The molecule has 31 heavy (non-hydrogen) atoms. The molecular weight excluding hydrogens is 512 g/mol. The normalized spacial score (nSPS) is 40.6. The average molecular weight is 512 g/mol. The molecule has 2 aliphatic rings. The van der Waals surface area contributed by atoms with E-state index in [0.717, 1.165) is 0 Å². The maximum absolute atomic E-state index is 14.6. The molecule has 0 amide bonds. The standard InChI is InChI=1S/C11F20/c12-2-1(11(29,30)31,3(13,14)7(21,22)9(25,26)5(2,17)18)4(15,16)8(23,24)10(27,28)6(2,19)20. The maximum atomic E-state index is 14.6. The van der Waals surface area contributed by atoms with Gasteiger partial charge in [-0.3, -0.25) is 0 Å². The number of rotatable bonds is 0. The van der Waals surface area contributed by atoms with Crippen LogP contribution in [0.15, 0.2) is 0 Å². The molecule has 0 aliphatic heterocycles. The first-order chi connectivity index (χ1) is 13.0. The molecule has 0 unspecified atom stereocenters. The molecule has 0 bridgehead atoms. The summed E-state index contributed by atoms with van der Waals surface area (Å²) in [6.45, 7) is 0.